The number of carbonyl (C=O) groups is 3. The van der Waals surface area contributed by atoms with E-state index in [2.05, 4.69) is 13.0 Å². The number of Topliss-reactive ketones (excluding diaryl/α,β-unsaturated/α-hetero) is 1. The van der Waals surface area contributed by atoms with Crippen molar-refractivity contribution in [2.24, 2.45) is 34.0 Å². The Morgan fingerprint density at radius 2 is 1.77 bits per heavy atom. The molecule has 0 bridgehead atoms. The van der Waals surface area contributed by atoms with Gasteiger partial charge in [0.05, 0.1) is 0 Å². The Bertz CT molecular complexity index is 795. The van der Waals surface area contributed by atoms with Gasteiger partial charge in [-0.3, -0.25) is 14.4 Å². The van der Waals surface area contributed by atoms with Crippen molar-refractivity contribution in [1.29, 1.82) is 0 Å². The summed E-state index contributed by atoms with van der Waals surface area (Å²) in [7, 11) is 0. The first-order chi connectivity index (χ1) is 14.0. The minimum atomic E-state index is -0.500. The number of allylic oxidation sites excluding steroid dienone is 1. The number of ketones is 1. The molecule has 4 aliphatic rings. The zero-order valence-electron chi connectivity index (χ0n) is 19.1. The van der Waals surface area contributed by atoms with Gasteiger partial charge in [0.2, 0.25) is 0 Å². The maximum absolute atomic E-state index is 12.8. The number of hydrogen-bond acceptors (Lipinski definition) is 5. The van der Waals surface area contributed by atoms with Crippen LogP contribution in [0.15, 0.2) is 11.6 Å². The fourth-order valence-electron chi connectivity index (χ4n) is 7.79. The zero-order valence-corrected chi connectivity index (χ0v) is 19.1. The maximum Gasteiger partial charge on any atom is 0.302 e. The van der Waals surface area contributed by atoms with Crippen LogP contribution in [0.25, 0.3) is 0 Å². The highest BCUT2D eigenvalue weighted by atomic mass is 16.5. The predicted octanol–water partition coefficient (Wildman–Crippen LogP) is 4.63. The maximum atomic E-state index is 12.8. The third-order valence-electron chi connectivity index (χ3n) is 9.20. The molecule has 0 spiro atoms. The molecule has 4 rings (SSSR count). The van der Waals surface area contributed by atoms with Crippen molar-refractivity contribution < 1.29 is 23.9 Å². The number of rotatable bonds is 3. The van der Waals surface area contributed by atoms with Crippen LogP contribution in [0.3, 0.4) is 0 Å². The summed E-state index contributed by atoms with van der Waals surface area (Å²) in [5.41, 5.74) is 0.472. The van der Waals surface area contributed by atoms with Crippen LogP contribution < -0.4 is 0 Å². The Morgan fingerprint density at radius 1 is 1.03 bits per heavy atom. The van der Waals surface area contributed by atoms with Gasteiger partial charge in [-0.15, -0.1) is 0 Å². The van der Waals surface area contributed by atoms with E-state index in [1.165, 1.54) is 19.4 Å². The molecular formula is C25H36O5. The van der Waals surface area contributed by atoms with Gasteiger partial charge in [0.1, 0.15) is 18.5 Å². The van der Waals surface area contributed by atoms with E-state index >= 15 is 0 Å². The average molecular weight is 417 g/mol. The van der Waals surface area contributed by atoms with E-state index < -0.39 is 5.41 Å². The number of esters is 2. The highest BCUT2D eigenvalue weighted by Gasteiger charge is 2.63. The number of hydrogen-bond donors (Lipinski definition) is 0. The first-order valence-electron chi connectivity index (χ1n) is 11.6. The van der Waals surface area contributed by atoms with Crippen LogP contribution in [0, 0.1) is 34.0 Å². The number of carbonyl (C=O) groups excluding carboxylic acids is 3. The Balaban J connectivity index is 1.72. The van der Waals surface area contributed by atoms with Crippen molar-refractivity contribution in [3.05, 3.63) is 11.6 Å². The summed E-state index contributed by atoms with van der Waals surface area (Å²) in [5.74, 6) is 1.23. The fraction of sp³-hybridized carbons (Fsp3) is 0.800. The molecule has 5 heteroatoms. The average Bonchev–Trinajstić information content (AvgIpc) is 2.99. The molecule has 0 aromatic rings. The smallest absolute Gasteiger partial charge is 0.302 e. The van der Waals surface area contributed by atoms with Gasteiger partial charge >= 0.3 is 11.9 Å². The molecule has 0 heterocycles. The molecule has 3 saturated carbocycles. The molecule has 5 nitrogen and oxygen atoms in total. The third kappa shape index (κ3) is 3.06. The molecule has 0 aliphatic heterocycles. The lowest BCUT2D eigenvalue weighted by molar-refractivity contribution is -0.160. The van der Waals surface area contributed by atoms with Crippen molar-refractivity contribution in [2.75, 3.05) is 6.61 Å². The number of ether oxygens (including phenoxy) is 2. The van der Waals surface area contributed by atoms with Crippen molar-refractivity contribution in [3.63, 3.8) is 0 Å². The zero-order chi connectivity index (χ0) is 21.9. The summed E-state index contributed by atoms with van der Waals surface area (Å²) in [6, 6.07) is 0. The third-order valence-corrected chi connectivity index (χ3v) is 9.20. The fourth-order valence-corrected chi connectivity index (χ4v) is 7.79. The lowest BCUT2D eigenvalue weighted by atomic mass is 9.44. The van der Waals surface area contributed by atoms with Gasteiger partial charge in [0.15, 0.2) is 0 Å². The second kappa shape index (κ2) is 7.20. The Hall–Kier alpha value is -1.65. The van der Waals surface area contributed by atoms with E-state index in [0.29, 0.717) is 36.6 Å². The normalized spacial score (nSPS) is 41.8. The lowest BCUT2D eigenvalue weighted by Crippen LogP contribution is -2.57. The van der Waals surface area contributed by atoms with E-state index in [1.54, 1.807) is 0 Å². The molecule has 0 saturated heterocycles. The Labute approximate surface area is 179 Å². The minimum absolute atomic E-state index is 0.000112. The van der Waals surface area contributed by atoms with Crippen molar-refractivity contribution in [3.8, 4) is 0 Å². The number of fused-ring (bicyclic) bond motifs is 5. The van der Waals surface area contributed by atoms with E-state index in [4.69, 9.17) is 9.47 Å². The van der Waals surface area contributed by atoms with Gasteiger partial charge in [-0.1, -0.05) is 18.6 Å². The topological polar surface area (TPSA) is 69.7 Å². The van der Waals surface area contributed by atoms with Crippen LogP contribution in [-0.2, 0) is 23.9 Å². The van der Waals surface area contributed by atoms with E-state index in [0.717, 1.165) is 38.5 Å². The van der Waals surface area contributed by atoms with Crippen LogP contribution >= 0.6 is 0 Å². The quantitative estimate of drug-likeness (QED) is 0.496. The molecule has 0 aromatic heterocycles. The molecule has 6 atom stereocenters. The van der Waals surface area contributed by atoms with Gasteiger partial charge in [0, 0.05) is 36.5 Å². The molecular weight excluding hydrogens is 380 g/mol. The molecule has 30 heavy (non-hydrogen) atoms. The molecule has 0 unspecified atom stereocenters. The second-order valence-corrected chi connectivity index (χ2v) is 10.9. The monoisotopic (exact) mass is 416 g/mol. The van der Waals surface area contributed by atoms with Crippen LogP contribution in [0.2, 0.25) is 0 Å². The summed E-state index contributed by atoms with van der Waals surface area (Å²) in [4.78, 5) is 36.2. The largest absolute Gasteiger partial charge is 0.465 e. The molecule has 0 amide bonds. The first-order valence-corrected chi connectivity index (χ1v) is 11.6. The van der Waals surface area contributed by atoms with Crippen LogP contribution in [0.5, 0.6) is 0 Å². The van der Waals surface area contributed by atoms with E-state index in [-0.39, 0.29) is 28.9 Å². The van der Waals surface area contributed by atoms with Crippen molar-refractivity contribution in [1.82, 2.24) is 0 Å². The molecule has 4 aliphatic carbocycles. The van der Waals surface area contributed by atoms with Gasteiger partial charge in [-0.25, -0.2) is 0 Å². The SMILES string of the molecule is CC(=O)OC[C@]12CCC(=O)C(C)(C)C1=CC[C@@H]1[C@@H]2CC[C@]2(C)[C@@H](OC(C)=O)CC[C@@H]12. The standard InChI is InChI=1S/C25H36O5/c1-15(26)29-14-25-13-11-21(28)23(3,4)20(25)8-6-17-18-7-9-22(30-16(2)27)24(18,5)12-10-19(17)25/h8,17-19,22H,6-7,9-14H2,1-5H3/t17-,18-,19-,22-,24-,25-/m0/s1. The van der Waals surface area contributed by atoms with Crippen LogP contribution in [0.1, 0.15) is 79.6 Å². The molecule has 166 valence electrons. The van der Waals surface area contributed by atoms with Crippen molar-refractivity contribution >= 4 is 17.7 Å². The summed E-state index contributed by atoms with van der Waals surface area (Å²) in [6.45, 7) is 9.75. The molecule has 3 fully saturated rings. The summed E-state index contributed by atoms with van der Waals surface area (Å²) >= 11 is 0. The second-order valence-electron chi connectivity index (χ2n) is 10.9. The van der Waals surface area contributed by atoms with Crippen LogP contribution in [0.4, 0.5) is 0 Å². The molecule has 0 N–H and O–H groups in total. The van der Waals surface area contributed by atoms with Gasteiger partial charge in [-0.05, 0) is 70.1 Å². The molecule has 0 aromatic carbocycles. The van der Waals surface area contributed by atoms with Gasteiger partial charge in [-0.2, -0.15) is 0 Å². The predicted molar refractivity (Wildman–Crippen MR) is 112 cm³/mol. The first kappa shape index (κ1) is 21.6. The summed E-state index contributed by atoms with van der Waals surface area (Å²) in [6.07, 6.45) is 8.64. The minimum Gasteiger partial charge on any atom is -0.465 e. The van der Waals surface area contributed by atoms with Crippen molar-refractivity contribution in [2.45, 2.75) is 85.7 Å². The highest BCUT2D eigenvalue weighted by molar-refractivity contribution is 5.89. The molecule has 0 radical (unpaired) electrons. The van der Waals surface area contributed by atoms with E-state index in [1.807, 2.05) is 13.8 Å². The Morgan fingerprint density at radius 3 is 2.43 bits per heavy atom. The van der Waals surface area contributed by atoms with Crippen LogP contribution in [-0.4, -0.2) is 30.4 Å². The lowest BCUT2D eigenvalue weighted by Gasteiger charge is -2.60. The summed E-state index contributed by atoms with van der Waals surface area (Å²) in [5, 5.41) is 0. The Kier molecular flexibility index (Phi) is 5.18. The van der Waals surface area contributed by atoms with Gasteiger partial charge < -0.3 is 9.47 Å². The highest BCUT2D eigenvalue weighted by Crippen LogP contribution is 2.67. The van der Waals surface area contributed by atoms with Gasteiger partial charge in [0.25, 0.3) is 0 Å². The van der Waals surface area contributed by atoms with E-state index in [9.17, 15) is 14.4 Å². The summed E-state index contributed by atoms with van der Waals surface area (Å²) < 4.78 is 11.4.